The number of rotatable bonds is 6. The fourth-order valence-corrected chi connectivity index (χ4v) is 2.23. The van der Waals surface area contributed by atoms with E-state index in [9.17, 15) is 18.5 Å². The van der Waals surface area contributed by atoms with Crippen molar-refractivity contribution in [1.29, 1.82) is 0 Å². The van der Waals surface area contributed by atoms with Crippen LogP contribution in [0.2, 0.25) is 0 Å². The highest BCUT2D eigenvalue weighted by Gasteiger charge is 2.16. The van der Waals surface area contributed by atoms with Crippen molar-refractivity contribution in [3.63, 3.8) is 0 Å². The summed E-state index contributed by atoms with van der Waals surface area (Å²) in [6.07, 6.45) is 1.23. The summed E-state index contributed by atoms with van der Waals surface area (Å²) >= 11 is 0. The van der Waals surface area contributed by atoms with Crippen LogP contribution in [-0.2, 0) is 10.0 Å². The zero-order chi connectivity index (χ0) is 14.5. The van der Waals surface area contributed by atoms with E-state index in [4.69, 9.17) is 0 Å². The maximum absolute atomic E-state index is 11.9. The Kier molecular flexibility index (Phi) is 4.99. The highest BCUT2D eigenvalue weighted by molar-refractivity contribution is 7.90. The summed E-state index contributed by atoms with van der Waals surface area (Å²) in [5.41, 5.74) is -0.279. The first-order valence-electron chi connectivity index (χ1n) is 5.69. The molecule has 8 heteroatoms. The number of benzene rings is 1. The van der Waals surface area contributed by atoms with Gasteiger partial charge in [-0.15, -0.1) is 4.40 Å². The van der Waals surface area contributed by atoms with Gasteiger partial charge >= 0.3 is 0 Å². The lowest BCUT2D eigenvalue weighted by atomic mass is 10.3. The highest BCUT2D eigenvalue weighted by Crippen LogP contribution is 2.18. The molecule has 0 saturated carbocycles. The van der Waals surface area contributed by atoms with Gasteiger partial charge < -0.3 is 4.90 Å². The summed E-state index contributed by atoms with van der Waals surface area (Å²) in [7, 11) is -3.91. The van der Waals surface area contributed by atoms with Crippen molar-refractivity contribution in [2.75, 3.05) is 13.1 Å². The quantitative estimate of drug-likeness (QED) is 0.343. The first-order chi connectivity index (χ1) is 8.90. The van der Waals surface area contributed by atoms with Gasteiger partial charge in [0.15, 0.2) is 0 Å². The standard InChI is InChI=1S/C11H15N3O4S/c1-3-13(4-2)9-12-19(17,18)11-7-5-6-10(8-11)14(15)16/h5-9H,3-4H2,1-2H3/b12-9+. The van der Waals surface area contributed by atoms with Gasteiger partial charge in [-0.05, 0) is 19.9 Å². The zero-order valence-electron chi connectivity index (χ0n) is 10.7. The molecule has 1 aromatic carbocycles. The van der Waals surface area contributed by atoms with Gasteiger partial charge in [-0.1, -0.05) is 6.07 Å². The van der Waals surface area contributed by atoms with E-state index >= 15 is 0 Å². The van der Waals surface area contributed by atoms with Gasteiger partial charge in [0.1, 0.15) is 6.34 Å². The van der Waals surface area contributed by atoms with Gasteiger partial charge in [0, 0.05) is 25.2 Å². The second kappa shape index (κ2) is 6.28. The van der Waals surface area contributed by atoms with Gasteiger partial charge in [0.25, 0.3) is 15.7 Å². The molecule has 0 unspecified atom stereocenters. The van der Waals surface area contributed by atoms with Crippen LogP contribution in [0, 0.1) is 10.1 Å². The molecular formula is C11H15N3O4S. The van der Waals surface area contributed by atoms with Crippen LogP contribution in [-0.4, -0.2) is 37.7 Å². The molecule has 0 aliphatic heterocycles. The van der Waals surface area contributed by atoms with E-state index in [2.05, 4.69) is 4.40 Å². The molecule has 104 valence electrons. The number of nitro groups is 1. The largest absolute Gasteiger partial charge is 0.362 e. The van der Waals surface area contributed by atoms with Crippen LogP contribution >= 0.6 is 0 Å². The minimum atomic E-state index is -3.91. The molecule has 0 spiro atoms. The van der Waals surface area contributed by atoms with Crippen molar-refractivity contribution in [1.82, 2.24) is 4.90 Å². The van der Waals surface area contributed by atoms with Gasteiger partial charge in [-0.3, -0.25) is 10.1 Å². The zero-order valence-corrected chi connectivity index (χ0v) is 11.5. The maximum atomic E-state index is 11.9. The molecule has 0 aliphatic carbocycles. The molecule has 0 fully saturated rings. The summed E-state index contributed by atoms with van der Waals surface area (Å²) < 4.78 is 27.3. The third-order valence-corrected chi connectivity index (χ3v) is 3.71. The van der Waals surface area contributed by atoms with E-state index in [-0.39, 0.29) is 10.6 Å². The lowest BCUT2D eigenvalue weighted by Crippen LogP contribution is -2.21. The smallest absolute Gasteiger partial charge is 0.283 e. The molecule has 0 N–H and O–H groups in total. The highest BCUT2D eigenvalue weighted by atomic mass is 32.2. The topological polar surface area (TPSA) is 92.9 Å². The second-order valence-electron chi connectivity index (χ2n) is 3.67. The van der Waals surface area contributed by atoms with Crippen molar-refractivity contribution < 1.29 is 13.3 Å². The van der Waals surface area contributed by atoms with E-state index in [1.54, 1.807) is 4.90 Å². The van der Waals surface area contributed by atoms with Crippen LogP contribution in [0.4, 0.5) is 5.69 Å². The number of hydrogen-bond donors (Lipinski definition) is 0. The fourth-order valence-electron chi connectivity index (χ4n) is 1.33. The van der Waals surface area contributed by atoms with Crippen molar-refractivity contribution >= 4 is 22.0 Å². The molecule has 0 atom stereocenters. The van der Waals surface area contributed by atoms with E-state index in [0.717, 1.165) is 6.07 Å². The predicted octanol–water partition coefficient (Wildman–Crippen LogP) is 1.65. The van der Waals surface area contributed by atoms with Crippen LogP contribution in [0.5, 0.6) is 0 Å². The monoisotopic (exact) mass is 285 g/mol. The summed E-state index contributed by atoms with van der Waals surface area (Å²) in [6, 6.07) is 4.82. The predicted molar refractivity (Wildman–Crippen MR) is 71.7 cm³/mol. The second-order valence-corrected chi connectivity index (χ2v) is 5.30. The Labute approximate surface area is 111 Å². The molecule has 1 aromatic rings. The van der Waals surface area contributed by atoms with E-state index in [0.29, 0.717) is 13.1 Å². The summed E-state index contributed by atoms with van der Waals surface area (Å²) in [6.45, 7) is 5.00. The number of nitrogens with zero attached hydrogens (tertiary/aromatic N) is 3. The molecule has 1 rings (SSSR count). The Morgan fingerprint density at radius 2 is 2.00 bits per heavy atom. The molecular weight excluding hydrogens is 270 g/mol. The molecule has 0 radical (unpaired) electrons. The van der Waals surface area contributed by atoms with Crippen molar-refractivity contribution in [2.45, 2.75) is 18.7 Å². The fraction of sp³-hybridized carbons (Fsp3) is 0.364. The van der Waals surface area contributed by atoms with Crippen LogP contribution in [0.25, 0.3) is 0 Å². The third-order valence-electron chi connectivity index (χ3n) is 2.49. The lowest BCUT2D eigenvalue weighted by molar-refractivity contribution is -0.385. The van der Waals surface area contributed by atoms with Crippen molar-refractivity contribution in [3.05, 3.63) is 34.4 Å². The minimum Gasteiger partial charge on any atom is -0.362 e. The number of nitro benzene ring substituents is 1. The number of non-ortho nitro benzene ring substituents is 1. The molecule has 0 saturated heterocycles. The van der Waals surface area contributed by atoms with Crippen molar-refractivity contribution in [3.8, 4) is 0 Å². The lowest BCUT2D eigenvalue weighted by Gasteiger charge is -2.13. The maximum Gasteiger partial charge on any atom is 0.283 e. The Morgan fingerprint density at radius 1 is 1.37 bits per heavy atom. The summed E-state index contributed by atoms with van der Waals surface area (Å²) in [5, 5.41) is 10.6. The molecule has 7 nitrogen and oxygen atoms in total. The molecule has 0 aromatic heterocycles. The Balaban J connectivity index is 3.07. The van der Waals surface area contributed by atoms with E-state index in [1.165, 1.54) is 24.5 Å². The van der Waals surface area contributed by atoms with Crippen LogP contribution < -0.4 is 0 Å². The first kappa shape index (κ1) is 15.1. The SMILES string of the molecule is CCN(/C=N/S(=O)(=O)c1cccc([N+](=O)[O-])c1)CC. The minimum absolute atomic E-state index is 0.190. The van der Waals surface area contributed by atoms with Crippen LogP contribution in [0.15, 0.2) is 33.6 Å². The molecule has 0 heterocycles. The van der Waals surface area contributed by atoms with Crippen LogP contribution in [0.3, 0.4) is 0 Å². The Bertz CT molecular complexity index is 579. The summed E-state index contributed by atoms with van der Waals surface area (Å²) in [4.78, 5) is 11.5. The number of hydrogen-bond acceptors (Lipinski definition) is 4. The van der Waals surface area contributed by atoms with Gasteiger partial charge in [-0.2, -0.15) is 8.42 Å². The Hall–Kier alpha value is -1.96. The molecule has 19 heavy (non-hydrogen) atoms. The van der Waals surface area contributed by atoms with Gasteiger partial charge in [0.2, 0.25) is 0 Å². The molecule has 0 bridgehead atoms. The number of sulfonamides is 1. The average molecular weight is 285 g/mol. The first-order valence-corrected chi connectivity index (χ1v) is 7.13. The van der Waals surface area contributed by atoms with Crippen LogP contribution in [0.1, 0.15) is 13.8 Å². The molecule has 0 amide bonds. The normalized spacial score (nSPS) is 11.7. The Morgan fingerprint density at radius 3 is 2.53 bits per heavy atom. The average Bonchev–Trinajstić information content (AvgIpc) is 2.40. The van der Waals surface area contributed by atoms with E-state index < -0.39 is 14.9 Å². The third kappa shape index (κ3) is 4.02. The van der Waals surface area contributed by atoms with Gasteiger partial charge in [-0.25, -0.2) is 0 Å². The summed E-state index contributed by atoms with van der Waals surface area (Å²) in [5.74, 6) is 0. The van der Waals surface area contributed by atoms with Crippen molar-refractivity contribution in [2.24, 2.45) is 4.40 Å². The molecule has 0 aliphatic rings. The van der Waals surface area contributed by atoms with E-state index in [1.807, 2.05) is 13.8 Å². The van der Waals surface area contributed by atoms with Gasteiger partial charge in [0.05, 0.1) is 9.82 Å².